The third-order valence-electron chi connectivity index (χ3n) is 17.6. The van der Waals surface area contributed by atoms with Gasteiger partial charge in [0, 0.05) is 12.8 Å². The number of esters is 1. The van der Waals surface area contributed by atoms with E-state index < -0.39 is 12.1 Å². The Morgan fingerprint density at radius 2 is 0.595 bits per heavy atom. The van der Waals surface area contributed by atoms with Gasteiger partial charge in [-0.1, -0.05) is 358 Å². The van der Waals surface area contributed by atoms with Crippen molar-refractivity contribution in [2.24, 2.45) is 0 Å². The fourth-order valence-corrected chi connectivity index (χ4v) is 11.8. The lowest BCUT2D eigenvalue weighted by Crippen LogP contribution is -2.45. The Kier molecular flexibility index (Phi) is 71.4. The van der Waals surface area contributed by atoms with E-state index in [2.05, 4.69) is 55.6 Å². The standard InChI is InChI=1S/C78H147NO5/c1-3-5-7-9-11-13-14-15-16-17-39-43-46-49-52-56-60-64-68-72-78(83)84-73-69-65-61-57-53-50-47-44-41-38-36-34-32-30-28-26-24-22-20-18-19-21-23-25-27-29-31-33-35-37-40-42-45-48-51-55-59-63-67-71-77(82)79-75(74-80)76(81)70-66-62-58-54-12-10-8-6-4-2/h15-16,18-19,22,24,66,70,75-76,80-81H,3-14,17,20-21,23,25-65,67-69,71-74H2,1-2H3,(H,79,82)/b16-15-,19-18-,24-22-,70-66+. The van der Waals surface area contributed by atoms with Crippen molar-refractivity contribution in [3.63, 3.8) is 0 Å². The van der Waals surface area contributed by atoms with Crippen molar-refractivity contribution in [1.82, 2.24) is 5.32 Å². The second-order valence-corrected chi connectivity index (χ2v) is 26.0. The average molecular weight is 1180 g/mol. The quantitative estimate of drug-likeness (QED) is 0.0320. The first-order valence-electron chi connectivity index (χ1n) is 37.9. The Morgan fingerprint density at radius 1 is 0.333 bits per heavy atom. The molecule has 2 atom stereocenters. The van der Waals surface area contributed by atoms with Crippen LogP contribution in [0.1, 0.15) is 412 Å². The van der Waals surface area contributed by atoms with Crippen LogP contribution in [-0.4, -0.2) is 47.4 Å². The lowest BCUT2D eigenvalue weighted by Gasteiger charge is -2.20. The van der Waals surface area contributed by atoms with Crippen molar-refractivity contribution in [3.05, 3.63) is 48.6 Å². The van der Waals surface area contributed by atoms with Gasteiger partial charge >= 0.3 is 5.97 Å². The topological polar surface area (TPSA) is 95.9 Å². The molecule has 0 saturated heterocycles. The monoisotopic (exact) mass is 1180 g/mol. The number of aliphatic hydroxyl groups is 2. The molecule has 0 aromatic carbocycles. The van der Waals surface area contributed by atoms with Crippen molar-refractivity contribution in [1.29, 1.82) is 0 Å². The van der Waals surface area contributed by atoms with E-state index in [1.54, 1.807) is 6.08 Å². The maximum Gasteiger partial charge on any atom is 0.305 e. The predicted molar refractivity (Wildman–Crippen MR) is 370 cm³/mol. The number of hydrogen-bond acceptors (Lipinski definition) is 5. The molecule has 0 heterocycles. The van der Waals surface area contributed by atoms with Crippen LogP contribution < -0.4 is 5.32 Å². The number of carbonyl (C=O) groups excluding carboxylic acids is 2. The summed E-state index contributed by atoms with van der Waals surface area (Å²) in [6.07, 6.45) is 96.7. The van der Waals surface area contributed by atoms with Crippen molar-refractivity contribution < 1.29 is 24.5 Å². The van der Waals surface area contributed by atoms with Gasteiger partial charge in [0.25, 0.3) is 0 Å². The minimum atomic E-state index is -0.840. The first-order valence-corrected chi connectivity index (χ1v) is 37.9. The molecule has 84 heavy (non-hydrogen) atoms. The molecule has 3 N–H and O–H groups in total. The molecule has 0 fully saturated rings. The summed E-state index contributed by atoms with van der Waals surface area (Å²) in [5, 5.41) is 23.0. The minimum Gasteiger partial charge on any atom is -0.466 e. The highest BCUT2D eigenvalue weighted by atomic mass is 16.5. The van der Waals surface area contributed by atoms with E-state index in [4.69, 9.17) is 4.74 Å². The van der Waals surface area contributed by atoms with E-state index in [0.717, 1.165) is 44.9 Å². The number of ether oxygens (including phenoxy) is 1. The molecular weight excluding hydrogens is 1030 g/mol. The average Bonchev–Trinajstić information content (AvgIpc) is 3.51. The van der Waals surface area contributed by atoms with Crippen LogP contribution in [0.3, 0.4) is 0 Å². The normalized spacial score (nSPS) is 12.8. The molecule has 0 aliphatic heterocycles. The lowest BCUT2D eigenvalue weighted by molar-refractivity contribution is -0.143. The molecule has 0 aliphatic rings. The van der Waals surface area contributed by atoms with Crippen LogP contribution in [0.25, 0.3) is 0 Å². The Morgan fingerprint density at radius 3 is 0.917 bits per heavy atom. The molecule has 494 valence electrons. The predicted octanol–water partition coefficient (Wildman–Crippen LogP) is 24.8. The Bertz CT molecular complexity index is 1400. The van der Waals surface area contributed by atoms with Crippen molar-refractivity contribution in [2.75, 3.05) is 13.2 Å². The van der Waals surface area contributed by atoms with Gasteiger partial charge in [-0.2, -0.15) is 0 Å². The SMILES string of the molecule is CCCCCCCC/C=C\CCCCCCCCCCCC(=O)OCCCCCCCCCCCCCCCCC/C=C\C/C=C\CCCCCCCCCCCCCCCCCCCC(=O)NC(CO)C(O)/C=C/CCCCCCCCC. The summed E-state index contributed by atoms with van der Waals surface area (Å²) in [6.45, 7) is 4.90. The van der Waals surface area contributed by atoms with Crippen molar-refractivity contribution >= 4 is 11.9 Å². The van der Waals surface area contributed by atoms with Gasteiger partial charge in [0.15, 0.2) is 0 Å². The number of unbranched alkanes of at least 4 members (excludes halogenated alkanes) is 54. The van der Waals surface area contributed by atoms with Gasteiger partial charge in [-0.05, 0) is 89.9 Å². The minimum absolute atomic E-state index is 0.0200. The molecule has 6 nitrogen and oxygen atoms in total. The molecule has 0 radical (unpaired) electrons. The summed E-state index contributed by atoms with van der Waals surface area (Å²) >= 11 is 0. The maximum atomic E-state index is 12.4. The summed E-state index contributed by atoms with van der Waals surface area (Å²) in [5.74, 6) is -0.0465. The van der Waals surface area contributed by atoms with Crippen LogP contribution in [0, 0.1) is 0 Å². The molecule has 1 amide bonds. The van der Waals surface area contributed by atoms with E-state index in [1.165, 1.54) is 340 Å². The summed E-state index contributed by atoms with van der Waals surface area (Å²) < 4.78 is 5.51. The van der Waals surface area contributed by atoms with Gasteiger partial charge < -0.3 is 20.3 Å². The van der Waals surface area contributed by atoms with E-state index in [9.17, 15) is 19.8 Å². The number of carbonyl (C=O) groups is 2. The fraction of sp³-hybridized carbons (Fsp3) is 0.872. The Balaban J connectivity index is 3.32. The van der Waals surface area contributed by atoms with Gasteiger partial charge in [-0.15, -0.1) is 0 Å². The third-order valence-corrected chi connectivity index (χ3v) is 17.6. The summed E-state index contributed by atoms with van der Waals surface area (Å²) in [4.78, 5) is 24.5. The van der Waals surface area contributed by atoms with Crippen LogP contribution in [0.2, 0.25) is 0 Å². The number of hydrogen-bond donors (Lipinski definition) is 3. The van der Waals surface area contributed by atoms with Gasteiger partial charge in [0.1, 0.15) is 0 Å². The van der Waals surface area contributed by atoms with Crippen LogP contribution in [0.5, 0.6) is 0 Å². The maximum absolute atomic E-state index is 12.4. The summed E-state index contributed by atoms with van der Waals surface area (Å²) in [7, 11) is 0. The zero-order valence-corrected chi connectivity index (χ0v) is 56.6. The number of aliphatic hydroxyl groups excluding tert-OH is 2. The van der Waals surface area contributed by atoms with Crippen LogP contribution in [-0.2, 0) is 14.3 Å². The highest BCUT2D eigenvalue weighted by Crippen LogP contribution is 2.19. The second-order valence-electron chi connectivity index (χ2n) is 26.0. The van der Waals surface area contributed by atoms with Gasteiger partial charge in [-0.3, -0.25) is 9.59 Å². The molecule has 0 spiro atoms. The zero-order chi connectivity index (χ0) is 60.6. The zero-order valence-electron chi connectivity index (χ0n) is 56.6. The van der Waals surface area contributed by atoms with Crippen LogP contribution in [0.15, 0.2) is 48.6 Å². The molecule has 0 aromatic heterocycles. The molecule has 0 aromatic rings. The number of amides is 1. The van der Waals surface area contributed by atoms with E-state index >= 15 is 0 Å². The first kappa shape index (κ1) is 81.8. The molecule has 0 aliphatic carbocycles. The molecular formula is C78H147NO5. The van der Waals surface area contributed by atoms with Crippen molar-refractivity contribution in [2.45, 2.75) is 424 Å². The highest BCUT2D eigenvalue weighted by molar-refractivity contribution is 5.76. The molecule has 0 rings (SSSR count). The van der Waals surface area contributed by atoms with Gasteiger partial charge in [-0.25, -0.2) is 0 Å². The van der Waals surface area contributed by atoms with E-state index in [1.807, 2.05) is 6.08 Å². The van der Waals surface area contributed by atoms with E-state index in [0.29, 0.717) is 19.4 Å². The van der Waals surface area contributed by atoms with Gasteiger partial charge in [0.05, 0.1) is 25.4 Å². The Labute approximate surface area is 525 Å². The molecule has 0 saturated carbocycles. The summed E-state index contributed by atoms with van der Waals surface area (Å²) in [5.41, 5.74) is 0. The number of rotatable bonds is 71. The Hall–Kier alpha value is -2.18. The summed E-state index contributed by atoms with van der Waals surface area (Å²) in [6, 6.07) is -0.624. The molecule has 2 unspecified atom stereocenters. The molecule has 6 heteroatoms. The van der Waals surface area contributed by atoms with Crippen molar-refractivity contribution in [3.8, 4) is 0 Å². The van der Waals surface area contributed by atoms with E-state index in [-0.39, 0.29) is 18.5 Å². The third kappa shape index (κ3) is 68.9. The highest BCUT2D eigenvalue weighted by Gasteiger charge is 2.18. The second kappa shape index (κ2) is 73.3. The smallest absolute Gasteiger partial charge is 0.305 e. The first-order chi connectivity index (χ1) is 41.5. The number of allylic oxidation sites excluding steroid dienone is 7. The number of nitrogens with one attached hydrogen (secondary N) is 1. The molecule has 0 bridgehead atoms. The largest absolute Gasteiger partial charge is 0.466 e. The van der Waals surface area contributed by atoms with Gasteiger partial charge in [0.2, 0.25) is 5.91 Å². The van der Waals surface area contributed by atoms with Crippen LogP contribution >= 0.6 is 0 Å². The van der Waals surface area contributed by atoms with Crippen LogP contribution in [0.4, 0.5) is 0 Å². The fourth-order valence-electron chi connectivity index (χ4n) is 11.8. The lowest BCUT2D eigenvalue weighted by atomic mass is 10.0.